The SMILES string of the molecule is NCCC(O)c1cccc2ccsc12. The second kappa shape index (κ2) is 4.09. The molecule has 3 heteroatoms. The zero-order chi connectivity index (χ0) is 9.97. The summed E-state index contributed by atoms with van der Waals surface area (Å²) in [5, 5.41) is 13.1. The van der Waals surface area contributed by atoms with E-state index in [2.05, 4.69) is 12.1 Å². The minimum Gasteiger partial charge on any atom is -0.388 e. The minimum atomic E-state index is -0.428. The average Bonchev–Trinajstić information content (AvgIpc) is 2.65. The Kier molecular flexibility index (Phi) is 2.82. The van der Waals surface area contributed by atoms with Crippen molar-refractivity contribution in [3.05, 3.63) is 35.2 Å². The molecule has 0 aliphatic carbocycles. The molecule has 0 aliphatic rings. The van der Waals surface area contributed by atoms with Gasteiger partial charge in [-0.15, -0.1) is 11.3 Å². The second-order valence-corrected chi connectivity index (χ2v) is 4.20. The number of nitrogens with two attached hydrogens (primary N) is 1. The summed E-state index contributed by atoms with van der Waals surface area (Å²) < 4.78 is 1.17. The predicted molar refractivity (Wildman–Crippen MR) is 60.5 cm³/mol. The van der Waals surface area contributed by atoms with E-state index in [1.807, 2.05) is 17.5 Å². The maximum Gasteiger partial charge on any atom is 0.0815 e. The van der Waals surface area contributed by atoms with Gasteiger partial charge >= 0.3 is 0 Å². The highest BCUT2D eigenvalue weighted by molar-refractivity contribution is 7.17. The molecule has 1 aromatic heterocycles. The Hall–Kier alpha value is -0.900. The topological polar surface area (TPSA) is 46.2 Å². The van der Waals surface area contributed by atoms with Gasteiger partial charge in [-0.2, -0.15) is 0 Å². The van der Waals surface area contributed by atoms with Gasteiger partial charge in [-0.25, -0.2) is 0 Å². The third-order valence-electron chi connectivity index (χ3n) is 2.31. The molecule has 2 rings (SSSR count). The largest absolute Gasteiger partial charge is 0.388 e. The molecule has 74 valence electrons. The van der Waals surface area contributed by atoms with Crippen LogP contribution in [0.25, 0.3) is 10.1 Å². The van der Waals surface area contributed by atoms with Crippen molar-refractivity contribution in [2.24, 2.45) is 5.73 Å². The average molecular weight is 207 g/mol. The summed E-state index contributed by atoms with van der Waals surface area (Å²) in [6.45, 7) is 0.517. The van der Waals surface area contributed by atoms with Crippen LogP contribution in [0.2, 0.25) is 0 Å². The molecule has 14 heavy (non-hydrogen) atoms. The molecule has 0 saturated carbocycles. The first-order valence-electron chi connectivity index (χ1n) is 4.67. The monoisotopic (exact) mass is 207 g/mol. The Morgan fingerprint density at radius 3 is 3.00 bits per heavy atom. The fourth-order valence-electron chi connectivity index (χ4n) is 1.59. The lowest BCUT2D eigenvalue weighted by Gasteiger charge is -2.10. The molecule has 2 aromatic rings. The van der Waals surface area contributed by atoms with Crippen molar-refractivity contribution in [3.63, 3.8) is 0 Å². The number of hydrogen-bond donors (Lipinski definition) is 2. The molecule has 1 unspecified atom stereocenters. The van der Waals surface area contributed by atoms with E-state index in [1.54, 1.807) is 11.3 Å². The molecule has 0 fully saturated rings. The number of aliphatic hydroxyl groups excluding tert-OH is 1. The Balaban J connectivity index is 2.45. The van der Waals surface area contributed by atoms with Gasteiger partial charge in [0.1, 0.15) is 0 Å². The number of hydrogen-bond acceptors (Lipinski definition) is 3. The van der Waals surface area contributed by atoms with Gasteiger partial charge in [-0.1, -0.05) is 18.2 Å². The van der Waals surface area contributed by atoms with Crippen LogP contribution in [0.1, 0.15) is 18.1 Å². The molecular weight excluding hydrogens is 194 g/mol. The summed E-state index contributed by atoms with van der Waals surface area (Å²) in [5.74, 6) is 0. The Bertz CT molecular complexity index is 424. The van der Waals surface area contributed by atoms with Crippen molar-refractivity contribution in [2.75, 3.05) is 6.54 Å². The van der Waals surface area contributed by atoms with E-state index in [-0.39, 0.29) is 0 Å². The van der Waals surface area contributed by atoms with E-state index >= 15 is 0 Å². The maximum atomic E-state index is 9.86. The first kappa shape index (κ1) is 9.65. The smallest absolute Gasteiger partial charge is 0.0815 e. The zero-order valence-electron chi connectivity index (χ0n) is 7.81. The summed E-state index contributed by atoms with van der Waals surface area (Å²) in [4.78, 5) is 0. The second-order valence-electron chi connectivity index (χ2n) is 3.28. The van der Waals surface area contributed by atoms with Crippen molar-refractivity contribution >= 4 is 21.4 Å². The van der Waals surface area contributed by atoms with Crippen molar-refractivity contribution in [1.82, 2.24) is 0 Å². The summed E-state index contributed by atoms with van der Waals surface area (Å²) >= 11 is 1.67. The summed E-state index contributed by atoms with van der Waals surface area (Å²) in [5.41, 5.74) is 6.43. The number of fused-ring (bicyclic) bond motifs is 1. The highest BCUT2D eigenvalue weighted by Gasteiger charge is 2.10. The molecule has 0 bridgehead atoms. The Labute approximate surface area is 87.0 Å². The maximum absolute atomic E-state index is 9.86. The minimum absolute atomic E-state index is 0.428. The number of rotatable bonds is 3. The van der Waals surface area contributed by atoms with Crippen LogP contribution >= 0.6 is 11.3 Å². The van der Waals surface area contributed by atoms with Crippen LogP contribution in [0.15, 0.2) is 29.6 Å². The van der Waals surface area contributed by atoms with E-state index < -0.39 is 6.10 Å². The highest BCUT2D eigenvalue weighted by atomic mass is 32.1. The fourth-order valence-corrected chi connectivity index (χ4v) is 2.56. The molecule has 3 N–H and O–H groups in total. The number of aliphatic hydroxyl groups is 1. The molecule has 0 radical (unpaired) electrons. The molecule has 1 aromatic carbocycles. The van der Waals surface area contributed by atoms with Crippen molar-refractivity contribution in [1.29, 1.82) is 0 Å². The molecule has 0 spiro atoms. The van der Waals surface area contributed by atoms with Crippen LogP contribution in [0.5, 0.6) is 0 Å². The van der Waals surface area contributed by atoms with Crippen molar-refractivity contribution < 1.29 is 5.11 Å². The van der Waals surface area contributed by atoms with Gasteiger partial charge in [0.25, 0.3) is 0 Å². The van der Waals surface area contributed by atoms with E-state index in [0.717, 1.165) is 5.56 Å². The Morgan fingerprint density at radius 2 is 2.21 bits per heavy atom. The molecular formula is C11H13NOS. The van der Waals surface area contributed by atoms with Crippen molar-refractivity contribution in [2.45, 2.75) is 12.5 Å². The van der Waals surface area contributed by atoms with Gasteiger partial charge < -0.3 is 10.8 Å². The van der Waals surface area contributed by atoms with Gasteiger partial charge in [0, 0.05) is 4.70 Å². The molecule has 0 amide bonds. The molecule has 1 heterocycles. The van der Waals surface area contributed by atoms with Gasteiger partial charge in [0.2, 0.25) is 0 Å². The predicted octanol–water partition coefficient (Wildman–Crippen LogP) is 2.28. The van der Waals surface area contributed by atoms with Gasteiger partial charge in [-0.05, 0) is 35.4 Å². The van der Waals surface area contributed by atoms with E-state index in [0.29, 0.717) is 13.0 Å². The van der Waals surface area contributed by atoms with Crippen LogP contribution < -0.4 is 5.73 Å². The standard InChI is InChI=1S/C11H13NOS/c12-6-4-10(13)9-3-1-2-8-5-7-14-11(8)9/h1-3,5,7,10,13H,4,6,12H2. The number of thiophene rings is 1. The van der Waals surface area contributed by atoms with Crippen LogP contribution in [-0.4, -0.2) is 11.7 Å². The Morgan fingerprint density at radius 1 is 1.36 bits per heavy atom. The molecule has 0 aliphatic heterocycles. The van der Waals surface area contributed by atoms with Gasteiger partial charge in [0.15, 0.2) is 0 Å². The van der Waals surface area contributed by atoms with Gasteiger partial charge in [0.05, 0.1) is 6.10 Å². The van der Waals surface area contributed by atoms with Crippen LogP contribution in [0.3, 0.4) is 0 Å². The summed E-state index contributed by atoms with van der Waals surface area (Å²) in [6, 6.07) is 8.08. The van der Waals surface area contributed by atoms with Crippen LogP contribution in [0, 0.1) is 0 Å². The van der Waals surface area contributed by atoms with Crippen LogP contribution in [-0.2, 0) is 0 Å². The summed E-state index contributed by atoms with van der Waals surface area (Å²) in [6.07, 6.45) is 0.194. The third kappa shape index (κ3) is 1.66. The lowest BCUT2D eigenvalue weighted by molar-refractivity contribution is 0.172. The molecule has 2 nitrogen and oxygen atoms in total. The third-order valence-corrected chi connectivity index (χ3v) is 3.29. The lowest BCUT2D eigenvalue weighted by atomic mass is 10.1. The van der Waals surface area contributed by atoms with Crippen molar-refractivity contribution in [3.8, 4) is 0 Å². The van der Waals surface area contributed by atoms with E-state index in [9.17, 15) is 5.11 Å². The first-order valence-corrected chi connectivity index (χ1v) is 5.55. The number of benzene rings is 1. The van der Waals surface area contributed by atoms with E-state index in [4.69, 9.17) is 5.73 Å². The lowest BCUT2D eigenvalue weighted by Crippen LogP contribution is -2.06. The zero-order valence-corrected chi connectivity index (χ0v) is 8.63. The molecule has 0 saturated heterocycles. The quantitative estimate of drug-likeness (QED) is 0.811. The highest BCUT2D eigenvalue weighted by Crippen LogP contribution is 2.29. The molecule has 1 atom stereocenters. The summed E-state index contributed by atoms with van der Waals surface area (Å²) in [7, 11) is 0. The first-order chi connectivity index (χ1) is 6.83. The fraction of sp³-hybridized carbons (Fsp3) is 0.273. The van der Waals surface area contributed by atoms with Gasteiger partial charge in [-0.3, -0.25) is 0 Å². The van der Waals surface area contributed by atoms with Crippen LogP contribution in [0.4, 0.5) is 0 Å². The van der Waals surface area contributed by atoms with E-state index in [1.165, 1.54) is 10.1 Å². The normalized spacial score (nSPS) is 13.3.